The molecule has 172 valence electrons. The SMILES string of the molecule is CN(C)Cc1cncc(-c2ccc3[nH]nc(-c4cc5c(-c6ccccc6F)nccc5[nH]4)c3c2)c1. The summed E-state index contributed by atoms with van der Waals surface area (Å²) in [6.45, 7) is 0.827. The van der Waals surface area contributed by atoms with Gasteiger partial charge in [-0.05, 0) is 67.7 Å². The highest BCUT2D eigenvalue weighted by Gasteiger charge is 2.16. The Morgan fingerprint density at radius 3 is 2.57 bits per heavy atom. The van der Waals surface area contributed by atoms with Gasteiger partial charge in [0.1, 0.15) is 11.5 Å². The molecule has 0 amide bonds. The smallest absolute Gasteiger partial charge is 0.132 e. The van der Waals surface area contributed by atoms with Crippen molar-refractivity contribution < 1.29 is 4.39 Å². The largest absolute Gasteiger partial charge is 0.353 e. The van der Waals surface area contributed by atoms with Crippen LogP contribution in [0.1, 0.15) is 5.56 Å². The number of rotatable bonds is 5. The highest BCUT2D eigenvalue weighted by molar-refractivity contribution is 6.00. The molecule has 6 aromatic rings. The van der Waals surface area contributed by atoms with Gasteiger partial charge in [0.2, 0.25) is 0 Å². The summed E-state index contributed by atoms with van der Waals surface area (Å²) in [6, 6.07) is 19.0. The van der Waals surface area contributed by atoms with E-state index in [0.717, 1.165) is 56.4 Å². The molecule has 0 radical (unpaired) electrons. The number of aromatic nitrogens is 5. The van der Waals surface area contributed by atoms with Gasteiger partial charge in [0.15, 0.2) is 0 Å². The Kier molecular flexibility index (Phi) is 5.12. The molecule has 0 bridgehead atoms. The molecule has 0 aliphatic rings. The highest BCUT2D eigenvalue weighted by Crippen LogP contribution is 2.35. The molecule has 2 aromatic carbocycles. The average Bonchev–Trinajstić information content (AvgIpc) is 3.47. The van der Waals surface area contributed by atoms with Crippen molar-refractivity contribution >= 4 is 21.8 Å². The van der Waals surface area contributed by atoms with Gasteiger partial charge in [-0.2, -0.15) is 5.10 Å². The minimum absolute atomic E-state index is 0.296. The van der Waals surface area contributed by atoms with Crippen molar-refractivity contribution in [2.24, 2.45) is 0 Å². The second-order valence-electron chi connectivity index (χ2n) is 8.94. The molecule has 0 fully saturated rings. The summed E-state index contributed by atoms with van der Waals surface area (Å²) >= 11 is 0. The first-order valence-corrected chi connectivity index (χ1v) is 11.4. The third-order valence-corrected chi connectivity index (χ3v) is 6.12. The molecule has 35 heavy (non-hydrogen) atoms. The fourth-order valence-electron chi connectivity index (χ4n) is 4.55. The summed E-state index contributed by atoms with van der Waals surface area (Å²) < 4.78 is 14.5. The van der Waals surface area contributed by atoms with Crippen LogP contribution >= 0.6 is 0 Å². The maximum absolute atomic E-state index is 14.5. The molecule has 6 rings (SSSR count). The molecule has 7 heteroatoms. The van der Waals surface area contributed by atoms with Crippen LogP contribution in [-0.4, -0.2) is 44.1 Å². The molecular formula is C28H23FN6. The van der Waals surface area contributed by atoms with E-state index < -0.39 is 0 Å². The molecule has 2 N–H and O–H groups in total. The minimum Gasteiger partial charge on any atom is -0.353 e. The van der Waals surface area contributed by atoms with E-state index in [0.29, 0.717) is 11.3 Å². The van der Waals surface area contributed by atoms with Gasteiger partial charge in [0.25, 0.3) is 0 Å². The maximum atomic E-state index is 14.5. The number of hydrogen-bond donors (Lipinski definition) is 2. The summed E-state index contributed by atoms with van der Waals surface area (Å²) in [4.78, 5) is 14.5. The zero-order valence-electron chi connectivity index (χ0n) is 19.4. The van der Waals surface area contributed by atoms with Crippen molar-refractivity contribution in [2.75, 3.05) is 14.1 Å². The fraction of sp³-hybridized carbons (Fsp3) is 0.107. The Morgan fingerprint density at radius 2 is 1.71 bits per heavy atom. The van der Waals surface area contributed by atoms with E-state index in [2.05, 4.69) is 48.2 Å². The molecule has 0 spiro atoms. The van der Waals surface area contributed by atoms with E-state index in [1.54, 1.807) is 18.3 Å². The number of pyridine rings is 2. The number of hydrogen-bond acceptors (Lipinski definition) is 4. The van der Waals surface area contributed by atoms with Gasteiger partial charge < -0.3 is 9.88 Å². The van der Waals surface area contributed by atoms with Crippen LogP contribution in [0.25, 0.3) is 55.6 Å². The number of nitrogens with one attached hydrogen (secondary N) is 2. The molecule has 0 unspecified atom stereocenters. The third-order valence-electron chi connectivity index (χ3n) is 6.12. The van der Waals surface area contributed by atoms with Crippen LogP contribution < -0.4 is 0 Å². The van der Waals surface area contributed by atoms with Crippen molar-refractivity contribution in [1.82, 2.24) is 30.0 Å². The third kappa shape index (κ3) is 3.86. The molecule has 0 aliphatic carbocycles. The van der Waals surface area contributed by atoms with Gasteiger partial charge in [0, 0.05) is 52.6 Å². The van der Waals surface area contributed by atoms with Crippen LogP contribution in [0.5, 0.6) is 0 Å². The van der Waals surface area contributed by atoms with E-state index in [9.17, 15) is 4.39 Å². The van der Waals surface area contributed by atoms with E-state index in [4.69, 9.17) is 0 Å². The number of fused-ring (bicyclic) bond motifs is 2. The predicted molar refractivity (Wildman–Crippen MR) is 137 cm³/mol. The minimum atomic E-state index is -0.296. The molecule has 0 aliphatic heterocycles. The van der Waals surface area contributed by atoms with E-state index in [1.807, 2.05) is 50.8 Å². The van der Waals surface area contributed by atoms with Crippen molar-refractivity contribution in [1.29, 1.82) is 0 Å². The summed E-state index contributed by atoms with van der Waals surface area (Å²) in [7, 11) is 4.09. The van der Waals surface area contributed by atoms with Gasteiger partial charge in [0.05, 0.1) is 16.9 Å². The zero-order chi connectivity index (χ0) is 23.9. The Morgan fingerprint density at radius 1 is 0.857 bits per heavy atom. The van der Waals surface area contributed by atoms with Crippen LogP contribution in [0.3, 0.4) is 0 Å². The first-order chi connectivity index (χ1) is 17.1. The number of halogens is 1. The van der Waals surface area contributed by atoms with Crippen LogP contribution in [-0.2, 0) is 6.54 Å². The van der Waals surface area contributed by atoms with Gasteiger partial charge in [-0.1, -0.05) is 18.2 Å². The zero-order valence-corrected chi connectivity index (χ0v) is 19.4. The summed E-state index contributed by atoms with van der Waals surface area (Å²) in [5.41, 5.74) is 7.81. The highest BCUT2D eigenvalue weighted by atomic mass is 19.1. The summed E-state index contributed by atoms with van der Waals surface area (Å²) in [6.07, 6.45) is 5.48. The lowest BCUT2D eigenvalue weighted by molar-refractivity contribution is 0.402. The molecule has 4 aromatic heterocycles. The van der Waals surface area contributed by atoms with Crippen molar-refractivity contribution in [3.8, 4) is 33.8 Å². The van der Waals surface area contributed by atoms with Gasteiger partial charge >= 0.3 is 0 Å². The molecule has 4 heterocycles. The summed E-state index contributed by atoms with van der Waals surface area (Å²) in [5, 5.41) is 9.57. The lowest BCUT2D eigenvalue weighted by Gasteiger charge is -2.10. The van der Waals surface area contributed by atoms with Crippen molar-refractivity contribution in [3.05, 3.63) is 90.6 Å². The van der Waals surface area contributed by atoms with E-state index >= 15 is 0 Å². The Bertz CT molecular complexity index is 1680. The molecule has 0 saturated heterocycles. The monoisotopic (exact) mass is 462 g/mol. The molecule has 0 atom stereocenters. The number of aromatic amines is 2. The van der Waals surface area contributed by atoms with Crippen LogP contribution in [0.15, 0.2) is 79.3 Å². The number of H-pyrrole nitrogens is 2. The van der Waals surface area contributed by atoms with Crippen LogP contribution in [0.4, 0.5) is 4.39 Å². The normalized spacial score (nSPS) is 11.7. The first-order valence-electron chi connectivity index (χ1n) is 11.4. The van der Waals surface area contributed by atoms with Crippen LogP contribution in [0.2, 0.25) is 0 Å². The van der Waals surface area contributed by atoms with Gasteiger partial charge in [-0.15, -0.1) is 0 Å². The quantitative estimate of drug-likeness (QED) is 0.328. The van der Waals surface area contributed by atoms with Crippen molar-refractivity contribution in [3.63, 3.8) is 0 Å². The van der Waals surface area contributed by atoms with E-state index in [1.165, 1.54) is 6.07 Å². The number of nitrogens with zero attached hydrogens (tertiary/aromatic N) is 4. The Balaban J connectivity index is 1.46. The van der Waals surface area contributed by atoms with Gasteiger partial charge in [-0.25, -0.2) is 4.39 Å². The molecule has 6 nitrogen and oxygen atoms in total. The van der Waals surface area contributed by atoms with E-state index in [-0.39, 0.29) is 5.82 Å². The second-order valence-corrected chi connectivity index (χ2v) is 8.94. The second kappa shape index (κ2) is 8.45. The fourth-order valence-corrected chi connectivity index (χ4v) is 4.55. The average molecular weight is 463 g/mol. The summed E-state index contributed by atoms with van der Waals surface area (Å²) in [5.74, 6) is -0.296. The topological polar surface area (TPSA) is 73.5 Å². The molecule has 0 saturated carbocycles. The van der Waals surface area contributed by atoms with Crippen LogP contribution in [0, 0.1) is 5.82 Å². The maximum Gasteiger partial charge on any atom is 0.132 e. The number of benzene rings is 2. The lowest BCUT2D eigenvalue weighted by atomic mass is 10.0. The van der Waals surface area contributed by atoms with Gasteiger partial charge in [-0.3, -0.25) is 15.1 Å². The predicted octanol–water partition coefficient (Wildman–Crippen LogP) is 6.04. The molecular weight excluding hydrogens is 439 g/mol. The van der Waals surface area contributed by atoms with Crippen molar-refractivity contribution in [2.45, 2.75) is 6.54 Å². The standard InChI is InChI=1S/C28H23FN6/c1-35(2)16-17-11-19(15-30-14-17)18-7-8-25-21(12-18)28(34-33-25)26-13-22-24(32-26)9-10-31-27(22)20-5-3-4-6-23(20)29/h3-15,32H,16H2,1-2H3,(H,33,34). The Hall–Kier alpha value is -4.36. The lowest BCUT2D eigenvalue weighted by Crippen LogP contribution is -2.10. The Labute approximate surface area is 201 Å². The first kappa shape index (κ1) is 21.2.